The van der Waals surface area contributed by atoms with Crippen LogP contribution >= 0.6 is 0 Å². The van der Waals surface area contributed by atoms with E-state index in [-0.39, 0.29) is 17.1 Å². The molecular weight excluding hydrogens is 246 g/mol. The van der Waals surface area contributed by atoms with Crippen LogP contribution < -0.4 is 0 Å². The van der Waals surface area contributed by atoms with E-state index in [9.17, 15) is 4.79 Å². The molecule has 0 aliphatic heterocycles. The molecule has 1 aliphatic rings. The fraction of sp³-hybridized carbons (Fsp3) is 0.556. The van der Waals surface area contributed by atoms with Crippen LogP contribution in [0.15, 0.2) is 18.2 Å². The molecule has 1 saturated carbocycles. The van der Waals surface area contributed by atoms with Crippen LogP contribution in [-0.2, 0) is 0 Å². The Hall–Kier alpha value is -1.62. The Bertz CT molecular complexity index is 565. The van der Waals surface area contributed by atoms with Crippen molar-refractivity contribution in [3.8, 4) is 6.07 Å². The van der Waals surface area contributed by atoms with Gasteiger partial charge in [0.25, 0.3) is 0 Å². The highest BCUT2D eigenvalue weighted by Crippen LogP contribution is 2.45. The summed E-state index contributed by atoms with van der Waals surface area (Å²) in [4.78, 5) is 12.9. The molecule has 0 spiro atoms. The maximum absolute atomic E-state index is 12.9. The normalized spacial score (nSPS) is 24.9. The van der Waals surface area contributed by atoms with Crippen LogP contribution in [0, 0.1) is 35.5 Å². The lowest BCUT2D eigenvalue weighted by molar-refractivity contribution is 0.0539. The number of nitrogens with zero attached hydrogens (tertiary/aromatic N) is 1. The van der Waals surface area contributed by atoms with E-state index in [1.165, 1.54) is 6.42 Å². The van der Waals surface area contributed by atoms with Crippen LogP contribution in [0.25, 0.3) is 0 Å². The molecule has 0 N–H and O–H groups in total. The first kappa shape index (κ1) is 14.8. The van der Waals surface area contributed by atoms with Gasteiger partial charge in [-0.25, -0.2) is 0 Å². The van der Waals surface area contributed by atoms with Gasteiger partial charge in [0.15, 0.2) is 5.78 Å². The predicted molar refractivity (Wildman–Crippen MR) is 80.5 cm³/mol. The summed E-state index contributed by atoms with van der Waals surface area (Å²) in [6.07, 6.45) is 3.46. The van der Waals surface area contributed by atoms with Crippen molar-refractivity contribution < 1.29 is 4.79 Å². The van der Waals surface area contributed by atoms with E-state index in [2.05, 4.69) is 26.8 Å². The Kier molecular flexibility index (Phi) is 3.99. The number of ketones is 1. The summed E-state index contributed by atoms with van der Waals surface area (Å²) in [6.45, 7) is 8.51. The average molecular weight is 269 g/mol. The van der Waals surface area contributed by atoms with Crippen molar-refractivity contribution in [1.82, 2.24) is 0 Å². The number of aryl methyl sites for hydroxylation is 1. The van der Waals surface area contributed by atoms with Gasteiger partial charge in [-0.05, 0) is 48.8 Å². The zero-order valence-corrected chi connectivity index (χ0v) is 12.9. The maximum Gasteiger partial charge on any atom is 0.166 e. The highest BCUT2D eigenvalue weighted by Gasteiger charge is 2.41. The van der Waals surface area contributed by atoms with Gasteiger partial charge >= 0.3 is 0 Å². The second-order valence-electron chi connectivity index (χ2n) is 6.84. The third kappa shape index (κ3) is 2.63. The number of Topliss-reactive ketones (excluding diaryl/α,β-unsaturated/α-hetero) is 1. The molecule has 20 heavy (non-hydrogen) atoms. The molecule has 0 bridgehead atoms. The van der Waals surface area contributed by atoms with Crippen LogP contribution in [-0.4, -0.2) is 5.78 Å². The number of rotatable bonds is 2. The monoisotopic (exact) mass is 269 g/mol. The number of hydrogen-bond donors (Lipinski definition) is 0. The Morgan fingerprint density at radius 1 is 1.40 bits per heavy atom. The minimum absolute atomic E-state index is 0.0660. The largest absolute Gasteiger partial charge is 0.294 e. The molecule has 0 heterocycles. The molecule has 0 amide bonds. The smallest absolute Gasteiger partial charge is 0.166 e. The van der Waals surface area contributed by atoms with Gasteiger partial charge in [-0.15, -0.1) is 0 Å². The molecule has 1 aromatic carbocycles. The number of carbonyl (C=O) groups excluding carboxylic acids is 1. The van der Waals surface area contributed by atoms with Crippen LogP contribution in [0.1, 0.15) is 61.5 Å². The Morgan fingerprint density at radius 3 is 2.65 bits per heavy atom. The molecule has 2 rings (SSSR count). The van der Waals surface area contributed by atoms with Crippen molar-refractivity contribution in [3.63, 3.8) is 0 Å². The van der Waals surface area contributed by atoms with Gasteiger partial charge < -0.3 is 0 Å². The minimum atomic E-state index is 0.0660. The van der Waals surface area contributed by atoms with Crippen molar-refractivity contribution in [3.05, 3.63) is 34.9 Å². The summed E-state index contributed by atoms with van der Waals surface area (Å²) in [5.74, 6) is 0.764. The van der Waals surface area contributed by atoms with E-state index in [0.717, 1.165) is 24.0 Å². The number of hydrogen-bond acceptors (Lipinski definition) is 2. The van der Waals surface area contributed by atoms with Crippen LogP contribution in [0.4, 0.5) is 0 Å². The van der Waals surface area contributed by atoms with Gasteiger partial charge in [-0.3, -0.25) is 4.79 Å². The first-order valence-corrected chi connectivity index (χ1v) is 7.42. The third-order valence-corrected chi connectivity index (χ3v) is 4.81. The topological polar surface area (TPSA) is 40.9 Å². The van der Waals surface area contributed by atoms with E-state index in [4.69, 9.17) is 5.26 Å². The fourth-order valence-corrected chi connectivity index (χ4v) is 3.71. The van der Waals surface area contributed by atoms with Crippen molar-refractivity contribution in [1.29, 1.82) is 5.26 Å². The average Bonchev–Trinajstić information content (AvgIpc) is 2.37. The van der Waals surface area contributed by atoms with E-state index < -0.39 is 0 Å². The zero-order valence-electron chi connectivity index (χ0n) is 12.9. The molecule has 1 aliphatic carbocycles. The Labute approximate surface area is 121 Å². The molecule has 0 radical (unpaired) electrons. The van der Waals surface area contributed by atoms with E-state index in [1.54, 1.807) is 6.07 Å². The summed E-state index contributed by atoms with van der Waals surface area (Å²) in [7, 11) is 0. The summed E-state index contributed by atoms with van der Waals surface area (Å²) >= 11 is 0. The number of carbonyl (C=O) groups is 1. The molecule has 1 fully saturated rings. The standard InChI is InChI=1S/C18H23NO/c1-12-6-5-9-18(3,4)16(12)17(20)14-7-8-15(11-19)13(2)10-14/h7-8,10,12,16H,5-6,9H2,1-4H3/t12?,16-/m1/s1. The highest BCUT2D eigenvalue weighted by atomic mass is 16.1. The second-order valence-corrected chi connectivity index (χ2v) is 6.84. The lowest BCUT2D eigenvalue weighted by Crippen LogP contribution is -2.39. The van der Waals surface area contributed by atoms with Gasteiger partial charge in [0.2, 0.25) is 0 Å². The molecule has 2 nitrogen and oxygen atoms in total. The first-order valence-electron chi connectivity index (χ1n) is 7.42. The molecule has 2 heteroatoms. The highest BCUT2D eigenvalue weighted by molar-refractivity contribution is 5.98. The lowest BCUT2D eigenvalue weighted by atomic mass is 9.62. The zero-order chi connectivity index (χ0) is 14.9. The van der Waals surface area contributed by atoms with Crippen LogP contribution in [0.5, 0.6) is 0 Å². The van der Waals surface area contributed by atoms with Gasteiger partial charge in [-0.1, -0.05) is 33.3 Å². The third-order valence-electron chi connectivity index (χ3n) is 4.81. The Morgan fingerprint density at radius 2 is 2.10 bits per heavy atom. The van der Waals surface area contributed by atoms with Gasteiger partial charge in [0.1, 0.15) is 0 Å². The summed E-state index contributed by atoms with van der Waals surface area (Å²) in [6, 6.07) is 7.61. The van der Waals surface area contributed by atoms with Gasteiger partial charge in [0.05, 0.1) is 11.6 Å². The minimum Gasteiger partial charge on any atom is -0.294 e. The first-order chi connectivity index (χ1) is 9.36. The van der Waals surface area contributed by atoms with Crippen molar-refractivity contribution in [2.45, 2.75) is 47.0 Å². The van der Waals surface area contributed by atoms with Gasteiger partial charge in [0, 0.05) is 11.5 Å². The molecule has 0 saturated heterocycles. The summed E-state index contributed by atoms with van der Waals surface area (Å²) in [5.41, 5.74) is 2.36. The summed E-state index contributed by atoms with van der Waals surface area (Å²) in [5, 5.41) is 8.99. The van der Waals surface area contributed by atoms with Crippen molar-refractivity contribution in [2.75, 3.05) is 0 Å². The van der Waals surface area contributed by atoms with Gasteiger partial charge in [-0.2, -0.15) is 5.26 Å². The molecule has 2 atom stereocenters. The molecule has 1 unspecified atom stereocenters. The molecule has 1 aromatic rings. The maximum atomic E-state index is 12.9. The van der Waals surface area contributed by atoms with E-state index in [0.29, 0.717) is 11.5 Å². The molecule has 0 aromatic heterocycles. The van der Waals surface area contributed by atoms with Crippen LogP contribution in [0.2, 0.25) is 0 Å². The number of benzene rings is 1. The second kappa shape index (κ2) is 5.40. The molecular formula is C18H23NO. The van der Waals surface area contributed by atoms with E-state index >= 15 is 0 Å². The summed E-state index contributed by atoms with van der Waals surface area (Å²) < 4.78 is 0. The van der Waals surface area contributed by atoms with Crippen molar-refractivity contribution >= 4 is 5.78 Å². The SMILES string of the molecule is Cc1cc(C(=O)[C@H]2C(C)CCCC2(C)C)ccc1C#N. The lowest BCUT2D eigenvalue weighted by Gasteiger charge is -2.42. The van der Waals surface area contributed by atoms with Crippen molar-refractivity contribution in [2.24, 2.45) is 17.3 Å². The molecule has 106 valence electrons. The van der Waals surface area contributed by atoms with E-state index in [1.807, 2.05) is 19.1 Å². The predicted octanol–water partition coefficient (Wildman–Crippen LogP) is 4.51. The fourth-order valence-electron chi connectivity index (χ4n) is 3.71. The number of nitriles is 1. The quantitative estimate of drug-likeness (QED) is 0.741. The Balaban J connectivity index is 2.35. The van der Waals surface area contributed by atoms with Crippen LogP contribution in [0.3, 0.4) is 0 Å².